The Labute approximate surface area is 261 Å². The molecule has 0 aliphatic carbocycles. The van der Waals surface area contributed by atoms with Crippen molar-refractivity contribution in [2.24, 2.45) is 10.7 Å². The predicted molar refractivity (Wildman–Crippen MR) is 178 cm³/mol. The molecule has 9 rings (SSSR count). The standard InChI is InChI=1S/C34H26N12/c1-2-20-21-15-36-10-4-27(21)44(26(20)3-9-35)32-41-33(45-28-5-11-37-16-22(28)23-17-38-12-6-29(23)45)43-34(42-32)46-30-7-13-39-18-24(30)25-19-40-14-8-31(25)46/h3-7,9-13,15-19H,2,8,14,35H2,1H3/b9-3-. The van der Waals surface area contributed by atoms with Crippen LogP contribution >= 0.6 is 0 Å². The predicted octanol–water partition coefficient (Wildman–Crippen LogP) is 4.90. The van der Waals surface area contributed by atoms with Gasteiger partial charge in [-0.05, 0) is 48.5 Å². The highest BCUT2D eigenvalue weighted by Gasteiger charge is 2.25. The fourth-order valence-corrected chi connectivity index (χ4v) is 6.79. The molecule has 12 heteroatoms. The van der Waals surface area contributed by atoms with Crippen LogP contribution in [-0.4, -0.2) is 61.3 Å². The van der Waals surface area contributed by atoms with Crippen molar-refractivity contribution in [3.8, 4) is 17.8 Å². The van der Waals surface area contributed by atoms with Crippen molar-refractivity contribution in [1.82, 2.24) is 48.6 Å². The van der Waals surface area contributed by atoms with Crippen LogP contribution < -0.4 is 5.73 Å². The maximum atomic E-state index is 6.03. The van der Waals surface area contributed by atoms with Gasteiger partial charge in [0.1, 0.15) is 0 Å². The number of rotatable bonds is 5. The molecular weight excluding hydrogens is 576 g/mol. The van der Waals surface area contributed by atoms with E-state index in [4.69, 9.17) is 20.7 Å². The summed E-state index contributed by atoms with van der Waals surface area (Å²) < 4.78 is 6.22. The van der Waals surface area contributed by atoms with Gasteiger partial charge in [0.2, 0.25) is 17.8 Å². The molecule has 0 saturated carbocycles. The van der Waals surface area contributed by atoms with Crippen molar-refractivity contribution in [1.29, 1.82) is 0 Å². The van der Waals surface area contributed by atoms with Gasteiger partial charge in [-0.1, -0.05) is 6.92 Å². The van der Waals surface area contributed by atoms with Crippen molar-refractivity contribution in [3.63, 3.8) is 0 Å². The molecule has 1 aliphatic rings. The van der Waals surface area contributed by atoms with Crippen LogP contribution in [0, 0.1) is 0 Å². The molecule has 0 spiro atoms. The van der Waals surface area contributed by atoms with Crippen LogP contribution in [0.3, 0.4) is 0 Å². The monoisotopic (exact) mass is 602 g/mol. The molecule has 0 saturated heterocycles. The molecule has 222 valence electrons. The van der Waals surface area contributed by atoms with Crippen LogP contribution in [0.5, 0.6) is 0 Å². The first-order valence-electron chi connectivity index (χ1n) is 15.0. The minimum Gasteiger partial charge on any atom is -0.405 e. The van der Waals surface area contributed by atoms with Gasteiger partial charge in [0, 0.05) is 102 Å². The third-order valence-corrected chi connectivity index (χ3v) is 8.70. The number of nitrogens with two attached hydrogens (primary N) is 1. The largest absolute Gasteiger partial charge is 0.405 e. The molecule has 0 amide bonds. The minimum atomic E-state index is 0.455. The van der Waals surface area contributed by atoms with E-state index in [0.717, 1.165) is 79.0 Å². The van der Waals surface area contributed by atoms with Crippen LogP contribution in [0.15, 0.2) is 85.0 Å². The minimum absolute atomic E-state index is 0.455. The lowest BCUT2D eigenvalue weighted by atomic mass is 10.1. The molecule has 0 fully saturated rings. The Hall–Kier alpha value is -6.30. The van der Waals surface area contributed by atoms with Crippen molar-refractivity contribution in [3.05, 3.63) is 103 Å². The van der Waals surface area contributed by atoms with E-state index in [-0.39, 0.29) is 0 Å². The average Bonchev–Trinajstić information content (AvgIpc) is 3.74. The first-order valence-corrected chi connectivity index (χ1v) is 15.0. The molecule has 2 N–H and O–H groups in total. The van der Waals surface area contributed by atoms with Crippen molar-refractivity contribution in [2.45, 2.75) is 19.8 Å². The summed E-state index contributed by atoms with van der Waals surface area (Å²) in [5.74, 6) is 1.40. The van der Waals surface area contributed by atoms with Crippen molar-refractivity contribution < 1.29 is 0 Å². The van der Waals surface area contributed by atoms with Crippen LogP contribution in [0.1, 0.15) is 29.4 Å². The van der Waals surface area contributed by atoms with Gasteiger partial charge in [-0.15, -0.1) is 0 Å². The van der Waals surface area contributed by atoms with Crippen LogP contribution in [-0.2, 0) is 12.8 Å². The molecule has 0 aromatic carbocycles. The first kappa shape index (κ1) is 26.1. The summed E-state index contributed by atoms with van der Waals surface area (Å²) >= 11 is 0. The zero-order valence-electron chi connectivity index (χ0n) is 24.8. The molecule has 9 heterocycles. The van der Waals surface area contributed by atoms with E-state index in [1.807, 2.05) is 65.9 Å². The molecule has 1 aliphatic heterocycles. The average molecular weight is 603 g/mol. The Morgan fingerprint density at radius 1 is 0.674 bits per heavy atom. The van der Waals surface area contributed by atoms with E-state index in [0.29, 0.717) is 24.4 Å². The summed E-state index contributed by atoms with van der Waals surface area (Å²) in [5, 5.41) is 3.92. The summed E-state index contributed by atoms with van der Waals surface area (Å²) in [6.45, 7) is 2.80. The lowest BCUT2D eigenvalue weighted by Crippen LogP contribution is -2.16. The number of hydrogen-bond donors (Lipinski definition) is 1. The lowest BCUT2D eigenvalue weighted by Gasteiger charge is -2.16. The summed E-state index contributed by atoms with van der Waals surface area (Å²) in [7, 11) is 0. The van der Waals surface area contributed by atoms with Gasteiger partial charge in [-0.2, -0.15) is 15.0 Å². The molecule has 0 atom stereocenters. The Kier molecular flexibility index (Phi) is 5.75. The van der Waals surface area contributed by atoms with E-state index in [2.05, 4.69) is 41.0 Å². The second kappa shape index (κ2) is 10.1. The Morgan fingerprint density at radius 3 is 1.80 bits per heavy atom. The lowest BCUT2D eigenvalue weighted by molar-refractivity contribution is 0.793. The summed E-state index contributed by atoms with van der Waals surface area (Å²) in [5.41, 5.74) is 13.8. The first-order chi connectivity index (χ1) is 22.8. The highest BCUT2D eigenvalue weighted by Crippen LogP contribution is 2.34. The van der Waals surface area contributed by atoms with E-state index in [1.54, 1.807) is 31.0 Å². The SMILES string of the molecule is CCc1c(/C=C\N)n(-c2nc(-n3c4c(c5cnccc53)C=NCC4)nc(-n3c4ccncc4c4cnccc43)n2)c2ccncc12. The number of aliphatic imine (C=N–C) groups is 1. The molecule has 0 radical (unpaired) electrons. The third-order valence-electron chi connectivity index (χ3n) is 8.70. The van der Waals surface area contributed by atoms with Gasteiger partial charge in [0.05, 0.1) is 27.8 Å². The van der Waals surface area contributed by atoms with Crippen molar-refractivity contribution >= 4 is 55.9 Å². The number of pyridine rings is 4. The van der Waals surface area contributed by atoms with Crippen LogP contribution in [0.4, 0.5) is 0 Å². The maximum absolute atomic E-state index is 6.03. The highest BCUT2D eigenvalue weighted by molar-refractivity contribution is 6.08. The quantitative estimate of drug-likeness (QED) is 0.293. The van der Waals surface area contributed by atoms with Crippen LogP contribution in [0.2, 0.25) is 0 Å². The second-order valence-electron chi connectivity index (χ2n) is 11.0. The molecule has 0 bridgehead atoms. The highest BCUT2D eigenvalue weighted by atomic mass is 15.3. The van der Waals surface area contributed by atoms with Gasteiger partial charge >= 0.3 is 0 Å². The third kappa shape index (κ3) is 3.67. The van der Waals surface area contributed by atoms with Gasteiger partial charge in [-0.3, -0.25) is 38.6 Å². The number of fused-ring (bicyclic) bond motifs is 7. The van der Waals surface area contributed by atoms with Crippen LogP contribution in [0.25, 0.3) is 67.5 Å². The zero-order valence-corrected chi connectivity index (χ0v) is 24.8. The van der Waals surface area contributed by atoms with E-state index in [9.17, 15) is 0 Å². The van der Waals surface area contributed by atoms with Gasteiger partial charge in [0.15, 0.2) is 0 Å². The number of aryl methyl sites for hydroxylation is 1. The molecule has 0 unspecified atom stereocenters. The smallest absolute Gasteiger partial charge is 0.241 e. The second-order valence-corrected chi connectivity index (χ2v) is 11.0. The van der Waals surface area contributed by atoms with E-state index < -0.39 is 0 Å². The summed E-state index contributed by atoms with van der Waals surface area (Å²) in [6.07, 6.45) is 21.5. The number of aromatic nitrogens is 10. The fourth-order valence-electron chi connectivity index (χ4n) is 6.79. The molecule has 8 aromatic heterocycles. The fraction of sp³-hybridized carbons (Fsp3) is 0.118. The number of nitrogens with zero attached hydrogens (tertiary/aromatic N) is 11. The molecular formula is C34H26N12. The molecule has 46 heavy (non-hydrogen) atoms. The maximum Gasteiger partial charge on any atom is 0.241 e. The molecule has 12 nitrogen and oxygen atoms in total. The summed E-state index contributed by atoms with van der Waals surface area (Å²) in [4.78, 5) is 37.9. The van der Waals surface area contributed by atoms with E-state index >= 15 is 0 Å². The van der Waals surface area contributed by atoms with Gasteiger partial charge < -0.3 is 5.73 Å². The summed E-state index contributed by atoms with van der Waals surface area (Å²) in [6, 6.07) is 7.93. The normalized spacial score (nSPS) is 13.2. The molecule has 8 aromatic rings. The zero-order chi connectivity index (χ0) is 30.8. The topological polar surface area (TPSA) is 143 Å². The Bertz CT molecular complexity index is 2500. The van der Waals surface area contributed by atoms with Gasteiger partial charge in [-0.25, -0.2) is 0 Å². The van der Waals surface area contributed by atoms with Crippen molar-refractivity contribution in [2.75, 3.05) is 6.54 Å². The van der Waals surface area contributed by atoms with E-state index in [1.165, 1.54) is 0 Å². The van der Waals surface area contributed by atoms with Gasteiger partial charge in [0.25, 0.3) is 0 Å². The number of hydrogen-bond acceptors (Lipinski definition) is 9. The Morgan fingerprint density at radius 2 is 1.20 bits per heavy atom. The Balaban J connectivity index is 1.44.